The highest BCUT2D eigenvalue weighted by atomic mass is 16.7. The van der Waals surface area contributed by atoms with Crippen LogP contribution in [0.4, 0.5) is 5.69 Å². The molecule has 1 aromatic carbocycles. The topological polar surface area (TPSA) is 122 Å². The van der Waals surface area contributed by atoms with E-state index in [1.54, 1.807) is 6.07 Å². The van der Waals surface area contributed by atoms with Gasteiger partial charge in [-0.1, -0.05) is 12.1 Å². The summed E-state index contributed by atoms with van der Waals surface area (Å²) < 4.78 is 10.6. The first-order chi connectivity index (χ1) is 9.52. The zero-order chi connectivity index (χ0) is 14.7. The number of aliphatic hydroxyl groups is 3. The number of nitro benzene ring substituents is 1. The van der Waals surface area contributed by atoms with Crippen molar-refractivity contribution < 1.29 is 29.7 Å². The monoisotopic (exact) mass is 285 g/mol. The van der Waals surface area contributed by atoms with Crippen LogP contribution in [0.1, 0.15) is 6.42 Å². The first kappa shape index (κ1) is 14.7. The molecule has 1 heterocycles. The van der Waals surface area contributed by atoms with Gasteiger partial charge < -0.3 is 24.8 Å². The number of benzene rings is 1. The third kappa shape index (κ3) is 3.05. The number of hydrogen-bond acceptors (Lipinski definition) is 7. The predicted molar refractivity (Wildman–Crippen MR) is 66.1 cm³/mol. The summed E-state index contributed by atoms with van der Waals surface area (Å²) in [4.78, 5) is 10.3. The third-order valence-electron chi connectivity index (χ3n) is 3.04. The molecule has 8 heteroatoms. The van der Waals surface area contributed by atoms with E-state index in [9.17, 15) is 20.3 Å². The Hall–Kier alpha value is -1.74. The van der Waals surface area contributed by atoms with Gasteiger partial charge in [0, 0.05) is 12.5 Å². The van der Waals surface area contributed by atoms with Crippen molar-refractivity contribution in [2.45, 2.75) is 31.0 Å². The number of para-hydroxylation sites is 2. The summed E-state index contributed by atoms with van der Waals surface area (Å²) in [5.41, 5.74) is -0.225. The second-order valence-corrected chi connectivity index (χ2v) is 4.42. The molecule has 3 N–H and O–H groups in total. The van der Waals surface area contributed by atoms with Gasteiger partial charge in [-0.15, -0.1) is 0 Å². The van der Waals surface area contributed by atoms with Crippen molar-refractivity contribution in [1.82, 2.24) is 0 Å². The predicted octanol–water partition coefficient (Wildman–Crippen LogP) is -0.197. The Morgan fingerprint density at radius 3 is 2.75 bits per heavy atom. The SMILES string of the molecule is O=[N+]([O-])c1ccccc1O[C@H]1C[C@@H](O)[C@H](O)C(CO)O1. The molecule has 0 aromatic heterocycles. The lowest BCUT2D eigenvalue weighted by Crippen LogP contribution is -2.51. The molecule has 0 aliphatic carbocycles. The lowest BCUT2D eigenvalue weighted by Gasteiger charge is -2.35. The van der Waals surface area contributed by atoms with Gasteiger partial charge >= 0.3 is 5.69 Å². The van der Waals surface area contributed by atoms with Crippen molar-refractivity contribution in [2.24, 2.45) is 0 Å². The number of ether oxygens (including phenoxy) is 2. The summed E-state index contributed by atoms with van der Waals surface area (Å²) in [5.74, 6) is 0.00257. The van der Waals surface area contributed by atoms with Crippen molar-refractivity contribution in [3.05, 3.63) is 34.4 Å². The highest BCUT2D eigenvalue weighted by Crippen LogP contribution is 2.30. The molecule has 8 nitrogen and oxygen atoms in total. The van der Waals surface area contributed by atoms with Crippen LogP contribution in [0.3, 0.4) is 0 Å². The molecule has 0 amide bonds. The van der Waals surface area contributed by atoms with E-state index < -0.39 is 36.1 Å². The van der Waals surface area contributed by atoms with Crippen molar-refractivity contribution in [3.8, 4) is 5.75 Å². The van der Waals surface area contributed by atoms with Crippen molar-refractivity contribution in [1.29, 1.82) is 0 Å². The van der Waals surface area contributed by atoms with Crippen LogP contribution in [0.15, 0.2) is 24.3 Å². The summed E-state index contributed by atoms with van der Waals surface area (Å²) in [5, 5.41) is 39.1. The Morgan fingerprint density at radius 1 is 1.40 bits per heavy atom. The minimum absolute atomic E-state index is 0.00257. The second-order valence-electron chi connectivity index (χ2n) is 4.42. The van der Waals surface area contributed by atoms with Crippen LogP contribution < -0.4 is 4.74 Å². The molecule has 1 fully saturated rings. The van der Waals surface area contributed by atoms with E-state index in [1.807, 2.05) is 0 Å². The highest BCUT2D eigenvalue weighted by Gasteiger charge is 2.38. The summed E-state index contributed by atoms with van der Waals surface area (Å²) >= 11 is 0. The van der Waals surface area contributed by atoms with Crippen molar-refractivity contribution in [3.63, 3.8) is 0 Å². The zero-order valence-corrected chi connectivity index (χ0v) is 10.5. The van der Waals surface area contributed by atoms with Gasteiger partial charge in [-0.3, -0.25) is 10.1 Å². The molecule has 1 aliphatic rings. The average Bonchev–Trinajstić information content (AvgIpc) is 2.43. The Labute approximate surface area is 114 Å². The van der Waals surface area contributed by atoms with Gasteiger partial charge in [0.15, 0.2) is 5.75 Å². The van der Waals surface area contributed by atoms with Gasteiger partial charge in [0.05, 0.1) is 17.6 Å². The zero-order valence-electron chi connectivity index (χ0n) is 10.5. The van der Waals surface area contributed by atoms with E-state index in [-0.39, 0.29) is 17.9 Å². The van der Waals surface area contributed by atoms with Crippen LogP contribution in [-0.2, 0) is 4.74 Å². The van der Waals surface area contributed by atoms with E-state index in [0.717, 1.165) is 0 Å². The number of rotatable bonds is 4. The maximum Gasteiger partial charge on any atom is 0.311 e. The van der Waals surface area contributed by atoms with Gasteiger partial charge in [-0.25, -0.2) is 0 Å². The molecule has 4 atom stereocenters. The Kier molecular flexibility index (Phi) is 4.50. The second kappa shape index (κ2) is 6.14. The standard InChI is InChI=1S/C12H15NO7/c14-6-10-12(16)8(15)5-11(20-10)19-9-4-2-1-3-7(9)13(17)18/h1-4,8,10-12,14-16H,5-6H2/t8-,10?,11-,12+/m1/s1. The molecule has 1 unspecified atom stereocenters. The normalized spacial score (nSPS) is 29.9. The maximum absolute atomic E-state index is 10.9. The minimum Gasteiger partial charge on any atom is -0.458 e. The largest absolute Gasteiger partial charge is 0.458 e. The molecule has 0 saturated carbocycles. The highest BCUT2D eigenvalue weighted by molar-refractivity contribution is 5.45. The lowest BCUT2D eigenvalue weighted by atomic mass is 10.0. The van der Waals surface area contributed by atoms with E-state index in [2.05, 4.69) is 0 Å². The molecule has 0 radical (unpaired) electrons. The van der Waals surface area contributed by atoms with E-state index in [4.69, 9.17) is 14.6 Å². The summed E-state index contributed by atoms with van der Waals surface area (Å²) in [6, 6.07) is 5.77. The fraction of sp³-hybridized carbons (Fsp3) is 0.500. The Balaban J connectivity index is 2.12. The van der Waals surface area contributed by atoms with Crippen LogP contribution in [0.2, 0.25) is 0 Å². The average molecular weight is 285 g/mol. The van der Waals surface area contributed by atoms with Crippen LogP contribution >= 0.6 is 0 Å². The van der Waals surface area contributed by atoms with Crippen LogP contribution in [0.5, 0.6) is 5.75 Å². The quantitative estimate of drug-likeness (QED) is 0.517. The number of nitrogens with zero attached hydrogens (tertiary/aromatic N) is 1. The van der Waals surface area contributed by atoms with Crippen molar-refractivity contribution >= 4 is 5.69 Å². The van der Waals surface area contributed by atoms with Gasteiger partial charge in [-0.05, 0) is 6.07 Å². The van der Waals surface area contributed by atoms with Crippen LogP contribution in [-0.4, -0.2) is 51.5 Å². The molecule has 110 valence electrons. The minimum atomic E-state index is -1.22. The van der Waals surface area contributed by atoms with E-state index in [1.165, 1.54) is 18.2 Å². The van der Waals surface area contributed by atoms with Gasteiger partial charge in [0.2, 0.25) is 6.29 Å². The number of hydrogen-bond donors (Lipinski definition) is 3. The van der Waals surface area contributed by atoms with E-state index in [0.29, 0.717) is 0 Å². The van der Waals surface area contributed by atoms with Crippen LogP contribution in [0, 0.1) is 10.1 Å². The van der Waals surface area contributed by atoms with E-state index >= 15 is 0 Å². The summed E-state index contributed by atoms with van der Waals surface area (Å²) in [6.45, 7) is -0.491. The van der Waals surface area contributed by atoms with Crippen molar-refractivity contribution in [2.75, 3.05) is 6.61 Å². The molecule has 0 spiro atoms. The lowest BCUT2D eigenvalue weighted by molar-refractivity contribution is -0.386. The molecule has 1 aromatic rings. The molecule has 2 rings (SSSR count). The maximum atomic E-state index is 10.9. The summed E-state index contributed by atoms with van der Waals surface area (Å²) in [7, 11) is 0. The fourth-order valence-corrected chi connectivity index (χ4v) is 1.99. The van der Waals surface area contributed by atoms with Crippen LogP contribution in [0.25, 0.3) is 0 Å². The molecular weight excluding hydrogens is 270 g/mol. The number of nitro groups is 1. The van der Waals surface area contributed by atoms with Gasteiger partial charge in [0.25, 0.3) is 0 Å². The molecular formula is C12H15NO7. The molecule has 1 aliphatic heterocycles. The van der Waals surface area contributed by atoms with Gasteiger partial charge in [0.1, 0.15) is 12.2 Å². The number of aliphatic hydroxyl groups excluding tert-OH is 3. The molecule has 20 heavy (non-hydrogen) atoms. The summed E-state index contributed by atoms with van der Waals surface area (Å²) in [6.07, 6.45) is -4.37. The molecule has 0 bridgehead atoms. The Morgan fingerprint density at radius 2 is 2.10 bits per heavy atom. The smallest absolute Gasteiger partial charge is 0.311 e. The fourth-order valence-electron chi connectivity index (χ4n) is 1.99. The van der Waals surface area contributed by atoms with Gasteiger partial charge in [-0.2, -0.15) is 0 Å². The molecule has 1 saturated heterocycles. The first-order valence-electron chi connectivity index (χ1n) is 6.05. The first-order valence-corrected chi connectivity index (χ1v) is 6.05. The third-order valence-corrected chi connectivity index (χ3v) is 3.04. The Bertz CT molecular complexity index is 481.